The molecular formula is C34H29NO6S. The molecule has 5 aromatic rings. The van der Waals surface area contributed by atoms with Gasteiger partial charge in [0.2, 0.25) is 0 Å². The molecule has 1 heterocycles. The minimum absolute atomic E-state index is 0.0883. The number of esters is 1. The summed E-state index contributed by atoms with van der Waals surface area (Å²) in [5.74, 6) is -1.25. The smallest absolute Gasteiger partial charge is 0.317 e. The fourth-order valence-electron chi connectivity index (χ4n) is 4.72. The largest absolute Gasteiger partial charge is 0.492 e. The van der Waals surface area contributed by atoms with Crippen LogP contribution in [0, 0.1) is 5.92 Å². The zero-order valence-corrected chi connectivity index (χ0v) is 23.8. The van der Waals surface area contributed by atoms with Crippen molar-refractivity contribution in [2.24, 2.45) is 5.92 Å². The molecule has 0 saturated carbocycles. The Balaban J connectivity index is 1.22. The van der Waals surface area contributed by atoms with Crippen LogP contribution in [0.4, 0.5) is 0 Å². The number of ketones is 2. The van der Waals surface area contributed by atoms with Crippen LogP contribution in [0.15, 0.2) is 108 Å². The van der Waals surface area contributed by atoms with Gasteiger partial charge in [0.15, 0.2) is 11.6 Å². The molecule has 0 spiro atoms. The molecule has 0 aliphatic heterocycles. The van der Waals surface area contributed by atoms with Gasteiger partial charge in [-0.2, -0.15) is 0 Å². The number of fused-ring (bicyclic) bond motifs is 1. The SMILES string of the molecule is CCOC(=O)C(Cc1ccc(OCCn2c(=O)sc3cc(C(=O)c4ccccc4)ccc32)cc1)C(=O)c1ccccc1. The predicted octanol–water partition coefficient (Wildman–Crippen LogP) is 5.98. The monoisotopic (exact) mass is 579 g/mol. The molecule has 0 bridgehead atoms. The fraction of sp³-hybridized carbons (Fsp3) is 0.176. The molecule has 5 rings (SSSR count). The minimum atomic E-state index is -0.943. The number of hydrogen-bond acceptors (Lipinski definition) is 7. The number of Topliss-reactive ketones (excluding diaryl/α,β-unsaturated/α-hetero) is 1. The zero-order valence-electron chi connectivity index (χ0n) is 23.0. The van der Waals surface area contributed by atoms with Crippen LogP contribution in [0.5, 0.6) is 5.75 Å². The summed E-state index contributed by atoms with van der Waals surface area (Å²) in [6.07, 6.45) is 0.206. The Hall–Kier alpha value is -4.82. The Kier molecular flexibility index (Phi) is 9.04. The molecule has 1 atom stereocenters. The Morgan fingerprint density at radius 1 is 0.810 bits per heavy atom. The van der Waals surface area contributed by atoms with Crippen LogP contribution in [0.25, 0.3) is 10.2 Å². The molecule has 0 aliphatic rings. The highest BCUT2D eigenvalue weighted by molar-refractivity contribution is 7.16. The molecule has 0 radical (unpaired) electrons. The maximum atomic E-state index is 13.1. The quantitative estimate of drug-likeness (QED) is 0.103. The van der Waals surface area contributed by atoms with E-state index in [0.29, 0.717) is 29.0 Å². The predicted molar refractivity (Wildman–Crippen MR) is 162 cm³/mol. The van der Waals surface area contributed by atoms with Gasteiger partial charge in [-0.25, -0.2) is 0 Å². The van der Waals surface area contributed by atoms with E-state index in [9.17, 15) is 19.2 Å². The molecule has 0 saturated heterocycles. The molecule has 212 valence electrons. The van der Waals surface area contributed by atoms with E-state index in [0.717, 1.165) is 27.1 Å². The van der Waals surface area contributed by atoms with Gasteiger partial charge in [-0.05, 0) is 49.2 Å². The Labute approximate surface area is 247 Å². The van der Waals surface area contributed by atoms with Gasteiger partial charge in [0.05, 0.1) is 23.4 Å². The second kappa shape index (κ2) is 13.2. The molecule has 4 aromatic carbocycles. The third-order valence-corrected chi connectivity index (χ3v) is 7.80. The molecule has 42 heavy (non-hydrogen) atoms. The lowest BCUT2D eigenvalue weighted by atomic mass is 9.91. The standard InChI is InChI=1S/C34H29NO6S/c1-2-40-33(38)28(32(37)25-11-7-4-8-12-25)21-23-13-16-27(17-14-23)41-20-19-35-29-18-15-26(22-30(29)42-34(35)39)31(36)24-9-5-3-6-10-24/h3-18,22,28H,2,19-21H2,1H3. The zero-order chi connectivity index (χ0) is 29.5. The van der Waals surface area contributed by atoms with Crippen molar-refractivity contribution in [2.75, 3.05) is 13.2 Å². The van der Waals surface area contributed by atoms with Crippen LogP contribution in [0.1, 0.15) is 38.8 Å². The van der Waals surface area contributed by atoms with E-state index in [-0.39, 0.29) is 36.1 Å². The average molecular weight is 580 g/mol. The van der Waals surface area contributed by atoms with E-state index in [4.69, 9.17) is 9.47 Å². The summed E-state index contributed by atoms with van der Waals surface area (Å²) < 4.78 is 13.5. The van der Waals surface area contributed by atoms with Crippen molar-refractivity contribution in [3.05, 3.63) is 135 Å². The number of nitrogens with zero attached hydrogens (tertiary/aromatic N) is 1. The first-order valence-corrected chi connectivity index (χ1v) is 14.5. The summed E-state index contributed by atoms with van der Waals surface area (Å²) in [5.41, 5.74) is 3.15. The lowest BCUT2D eigenvalue weighted by Crippen LogP contribution is -2.28. The van der Waals surface area contributed by atoms with E-state index in [1.54, 1.807) is 78.2 Å². The molecule has 0 aliphatic carbocycles. The first-order chi connectivity index (χ1) is 20.4. The Morgan fingerprint density at radius 2 is 1.48 bits per heavy atom. The van der Waals surface area contributed by atoms with Gasteiger partial charge in [-0.1, -0.05) is 84.1 Å². The minimum Gasteiger partial charge on any atom is -0.492 e. The van der Waals surface area contributed by atoms with Crippen LogP contribution in [-0.4, -0.2) is 35.3 Å². The van der Waals surface area contributed by atoms with Gasteiger partial charge in [-0.3, -0.25) is 23.7 Å². The maximum absolute atomic E-state index is 13.1. The second-order valence-electron chi connectivity index (χ2n) is 9.63. The maximum Gasteiger partial charge on any atom is 0.317 e. The lowest BCUT2D eigenvalue weighted by Gasteiger charge is -2.15. The third-order valence-electron chi connectivity index (χ3n) is 6.86. The summed E-state index contributed by atoms with van der Waals surface area (Å²) in [5, 5.41) is 0. The molecule has 1 aromatic heterocycles. The van der Waals surface area contributed by atoms with Crippen LogP contribution in [0.3, 0.4) is 0 Å². The van der Waals surface area contributed by atoms with Crippen molar-refractivity contribution in [3.8, 4) is 5.75 Å². The van der Waals surface area contributed by atoms with Crippen molar-refractivity contribution >= 4 is 39.1 Å². The van der Waals surface area contributed by atoms with E-state index >= 15 is 0 Å². The lowest BCUT2D eigenvalue weighted by molar-refractivity contribution is -0.146. The van der Waals surface area contributed by atoms with Gasteiger partial charge in [0.1, 0.15) is 18.3 Å². The van der Waals surface area contributed by atoms with E-state index in [2.05, 4.69) is 0 Å². The van der Waals surface area contributed by atoms with Crippen molar-refractivity contribution in [1.29, 1.82) is 0 Å². The van der Waals surface area contributed by atoms with Gasteiger partial charge in [0.25, 0.3) is 0 Å². The number of rotatable bonds is 12. The van der Waals surface area contributed by atoms with Crippen LogP contribution in [-0.2, 0) is 22.5 Å². The van der Waals surface area contributed by atoms with Crippen molar-refractivity contribution in [1.82, 2.24) is 4.57 Å². The Bertz CT molecular complexity index is 1760. The summed E-state index contributed by atoms with van der Waals surface area (Å²) in [6.45, 7) is 2.50. The van der Waals surface area contributed by atoms with E-state index in [1.165, 1.54) is 0 Å². The first kappa shape index (κ1) is 28.7. The fourth-order valence-corrected chi connectivity index (χ4v) is 5.67. The average Bonchev–Trinajstić information content (AvgIpc) is 3.34. The van der Waals surface area contributed by atoms with Crippen molar-refractivity contribution < 1.29 is 23.9 Å². The molecule has 0 N–H and O–H groups in total. The van der Waals surface area contributed by atoms with Gasteiger partial charge >= 0.3 is 10.8 Å². The molecule has 7 nitrogen and oxygen atoms in total. The number of carbonyl (C=O) groups is 3. The highest BCUT2D eigenvalue weighted by Crippen LogP contribution is 2.22. The molecule has 0 fully saturated rings. The summed E-state index contributed by atoms with van der Waals surface area (Å²) in [4.78, 5) is 51.1. The van der Waals surface area contributed by atoms with Gasteiger partial charge < -0.3 is 9.47 Å². The van der Waals surface area contributed by atoms with E-state index < -0.39 is 11.9 Å². The van der Waals surface area contributed by atoms with Crippen LogP contribution in [0.2, 0.25) is 0 Å². The highest BCUT2D eigenvalue weighted by Gasteiger charge is 2.29. The summed E-state index contributed by atoms with van der Waals surface area (Å²) in [6, 6.07) is 30.3. The Morgan fingerprint density at radius 3 is 2.14 bits per heavy atom. The van der Waals surface area contributed by atoms with Gasteiger partial charge in [0, 0.05) is 16.7 Å². The van der Waals surface area contributed by atoms with Crippen molar-refractivity contribution in [2.45, 2.75) is 19.9 Å². The normalized spacial score (nSPS) is 11.6. The second-order valence-corrected chi connectivity index (χ2v) is 10.6. The van der Waals surface area contributed by atoms with Crippen LogP contribution < -0.4 is 9.61 Å². The topological polar surface area (TPSA) is 91.7 Å². The summed E-state index contributed by atoms with van der Waals surface area (Å²) in [7, 11) is 0. The summed E-state index contributed by atoms with van der Waals surface area (Å²) >= 11 is 1.10. The number of carbonyl (C=O) groups excluding carboxylic acids is 3. The molecule has 8 heteroatoms. The molecular weight excluding hydrogens is 550 g/mol. The molecule has 0 amide bonds. The van der Waals surface area contributed by atoms with E-state index in [1.807, 2.05) is 36.4 Å². The number of thiazole rings is 1. The number of hydrogen-bond donors (Lipinski definition) is 0. The number of benzene rings is 4. The first-order valence-electron chi connectivity index (χ1n) is 13.7. The van der Waals surface area contributed by atoms with Crippen molar-refractivity contribution in [3.63, 3.8) is 0 Å². The third kappa shape index (κ3) is 6.56. The van der Waals surface area contributed by atoms with Crippen LogP contribution >= 0.6 is 11.3 Å². The highest BCUT2D eigenvalue weighted by atomic mass is 32.1. The van der Waals surface area contributed by atoms with Gasteiger partial charge in [-0.15, -0.1) is 0 Å². The number of ether oxygens (including phenoxy) is 2. The molecule has 1 unspecified atom stereocenters. The number of aromatic nitrogens is 1.